The maximum Gasteiger partial charge on any atom is 0.434 e. The van der Waals surface area contributed by atoms with E-state index in [2.05, 4.69) is 5.10 Å². The highest BCUT2D eigenvalue weighted by Crippen LogP contribution is 2.35. The van der Waals surface area contributed by atoms with Crippen molar-refractivity contribution in [1.82, 2.24) is 9.78 Å². The van der Waals surface area contributed by atoms with Gasteiger partial charge < -0.3 is 0 Å². The number of hydrogen-bond acceptors (Lipinski definition) is 2. The average molecular weight is 325 g/mol. The van der Waals surface area contributed by atoms with Gasteiger partial charge in [-0.05, 0) is 23.1 Å². The molecular weight excluding hydrogens is 317 g/mol. The van der Waals surface area contributed by atoms with E-state index in [0.29, 0.717) is 10.1 Å². The summed E-state index contributed by atoms with van der Waals surface area (Å²) in [6.45, 7) is 0. The summed E-state index contributed by atoms with van der Waals surface area (Å²) in [5, 5.41) is 3.88. The first-order valence-electron chi connectivity index (χ1n) is 6.23. The van der Waals surface area contributed by atoms with Crippen LogP contribution in [0.1, 0.15) is 16.1 Å². The highest BCUT2D eigenvalue weighted by molar-refractivity contribution is 6.67. The van der Waals surface area contributed by atoms with Crippen LogP contribution in [0.25, 0.3) is 16.5 Å². The summed E-state index contributed by atoms with van der Waals surface area (Å²) in [7, 11) is 0. The van der Waals surface area contributed by atoms with Crippen LogP contribution in [0.4, 0.5) is 13.2 Å². The van der Waals surface area contributed by atoms with Crippen LogP contribution >= 0.6 is 11.6 Å². The molecule has 3 nitrogen and oxygen atoms in total. The molecule has 0 saturated carbocycles. The number of alkyl halides is 3. The van der Waals surface area contributed by atoms with E-state index in [1.165, 1.54) is 6.07 Å². The van der Waals surface area contributed by atoms with Gasteiger partial charge in [-0.1, -0.05) is 36.4 Å². The lowest BCUT2D eigenvalue weighted by Crippen LogP contribution is -2.16. The zero-order valence-corrected chi connectivity index (χ0v) is 11.7. The number of halogens is 4. The van der Waals surface area contributed by atoms with Crippen LogP contribution < -0.4 is 0 Å². The van der Waals surface area contributed by atoms with Gasteiger partial charge in [0.2, 0.25) is 0 Å². The van der Waals surface area contributed by atoms with Gasteiger partial charge >= 0.3 is 6.18 Å². The van der Waals surface area contributed by atoms with Crippen molar-refractivity contribution < 1.29 is 18.0 Å². The van der Waals surface area contributed by atoms with Crippen molar-refractivity contribution in [2.24, 2.45) is 0 Å². The molecule has 112 valence electrons. The van der Waals surface area contributed by atoms with Crippen molar-refractivity contribution in [3.63, 3.8) is 0 Å². The fourth-order valence-corrected chi connectivity index (χ4v) is 2.48. The number of carbonyl (C=O) groups excluding carboxylic acids is 1. The van der Waals surface area contributed by atoms with E-state index in [9.17, 15) is 18.0 Å². The predicted molar refractivity (Wildman–Crippen MR) is 76.3 cm³/mol. The zero-order valence-electron chi connectivity index (χ0n) is 10.9. The molecule has 2 aromatic carbocycles. The van der Waals surface area contributed by atoms with Gasteiger partial charge in [0.1, 0.15) is 0 Å². The number of hydrogen-bond donors (Lipinski definition) is 0. The van der Waals surface area contributed by atoms with Gasteiger partial charge in [-0.3, -0.25) is 4.79 Å². The number of rotatable bonds is 2. The van der Waals surface area contributed by atoms with Crippen LogP contribution in [0.5, 0.6) is 0 Å². The van der Waals surface area contributed by atoms with Crippen LogP contribution in [0, 0.1) is 0 Å². The summed E-state index contributed by atoms with van der Waals surface area (Å²) < 4.78 is 40.7. The van der Waals surface area contributed by atoms with E-state index in [-0.39, 0.29) is 5.69 Å². The maximum atomic E-state index is 13.3. The van der Waals surface area contributed by atoms with E-state index in [0.717, 1.165) is 11.6 Å². The van der Waals surface area contributed by atoms with Gasteiger partial charge in [0.25, 0.3) is 5.24 Å². The number of nitrogens with zero attached hydrogens (tertiary/aromatic N) is 2. The molecule has 0 N–H and O–H groups in total. The Morgan fingerprint density at radius 1 is 1.09 bits per heavy atom. The molecule has 1 heterocycles. The third-order valence-electron chi connectivity index (χ3n) is 3.24. The van der Waals surface area contributed by atoms with E-state index < -0.39 is 22.7 Å². The van der Waals surface area contributed by atoms with Crippen molar-refractivity contribution >= 4 is 27.6 Å². The largest absolute Gasteiger partial charge is 0.434 e. The molecule has 3 aromatic rings. The first-order chi connectivity index (χ1) is 10.4. The number of fused-ring (bicyclic) bond motifs is 1. The molecule has 0 unspecified atom stereocenters. The first kappa shape index (κ1) is 14.6. The SMILES string of the molecule is O=C(Cl)c1cnn(-c2cccc3ccccc23)c1C(F)(F)F. The summed E-state index contributed by atoms with van der Waals surface area (Å²) in [5.41, 5.74) is -1.61. The third kappa shape index (κ3) is 2.35. The molecule has 0 aliphatic rings. The minimum absolute atomic E-state index is 0.231. The van der Waals surface area contributed by atoms with Crippen molar-refractivity contribution in [3.8, 4) is 5.69 Å². The van der Waals surface area contributed by atoms with E-state index in [1.54, 1.807) is 36.4 Å². The quantitative estimate of drug-likeness (QED) is 0.654. The van der Waals surface area contributed by atoms with Gasteiger partial charge in [-0.15, -0.1) is 0 Å². The summed E-state index contributed by atoms with van der Waals surface area (Å²) in [4.78, 5) is 11.2. The van der Waals surface area contributed by atoms with Crippen LogP contribution in [-0.2, 0) is 6.18 Å². The van der Waals surface area contributed by atoms with Crippen LogP contribution in [0.3, 0.4) is 0 Å². The van der Waals surface area contributed by atoms with Crippen molar-refractivity contribution in [2.45, 2.75) is 6.18 Å². The average Bonchev–Trinajstić information content (AvgIpc) is 2.91. The summed E-state index contributed by atoms with van der Waals surface area (Å²) in [6.07, 6.45) is -3.92. The number of aromatic nitrogens is 2. The van der Waals surface area contributed by atoms with Crippen LogP contribution in [-0.4, -0.2) is 15.0 Å². The lowest BCUT2D eigenvalue weighted by Gasteiger charge is -2.13. The molecular formula is C15H8ClF3N2O. The second-order valence-corrected chi connectivity index (χ2v) is 4.93. The molecule has 0 fully saturated rings. The monoisotopic (exact) mass is 324 g/mol. The van der Waals surface area contributed by atoms with Gasteiger partial charge in [-0.2, -0.15) is 18.3 Å². The molecule has 0 bridgehead atoms. The molecule has 0 saturated heterocycles. The second-order valence-electron chi connectivity index (χ2n) is 4.59. The Labute approximate surface area is 127 Å². The van der Waals surface area contributed by atoms with Crippen LogP contribution in [0.15, 0.2) is 48.7 Å². The Kier molecular flexibility index (Phi) is 3.41. The summed E-state index contributed by atoms with van der Waals surface area (Å²) >= 11 is 5.24. The standard InChI is InChI=1S/C15H8ClF3N2O/c16-14(22)11-8-20-21(13(11)15(17,18)19)12-7-3-5-9-4-1-2-6-10(9)12/h1-8H. The molecule has 3 rings (SSSR count). The Balaban J connectivity index is 2.35. The third-order valence-corrected chi connectivity index (χ3v) is 3.45. The first-order valence-corrected chi connectivity index (χ1v) is 6.60. The topological polar surface area (TPSA) is 34.9 Å². The van der Waals surface area contributed by atoms with Crippen molar-refractivity contribution in [3.05, 3.63) is 59.9 Å². The molecule has 0 radical (unpaired) electrons. The smallest absolute Gasteiger partial charge is 0.275 e. The van der Waals surface area contributed by atoms with E-state index in [1.807, 2.05) is 0 Å². The lowest BCUT2D eigenvalue weighted by atomic mass is 10.1. The molecule has 0 amide bonds. The fourth-order valence-electron chi connectivity index (χ4n) is 2.34. The number of benzene rings is 2. The van der Waals surface area contributed by atoms with Gasteiger partial charge in [0, 0.05) is 5.39 Å². The molecule has 0 spiro atoms. The second kappa shape index (κ2) is 5.14. The highest BCUT2D eigenvalue weighted by Gasteiger charge is 2.40. The van der Waals surface area contributed by atoms with Crippen LogP contribution in [0.2, 0.25) is 0 Å². The summed E-state index contributed by atoms with van der Waals surface area (Å²) in [5.74, 6) is 0. The zero-order chi connectivity index (χ0) is 15.9. The van der Waals surface area contributed by atoms with E-state index >= 15 is 0 Å². The Morgan fingerprint density at radius 2 is 1.77 bits per heavy atom. The predicted octanol–water partition coefficient (Wildman–Crippen LogP) is 4.42. The number of carbonyl (C=O) groups is 1. The Morgan fingerprint density at radius 3 is 2.45 bits per heavy atom. The van der Waals surface area contributed by atoms with Gasteiger partial charge in [0.05, 0.1) is 17.4 Å². The Hall–Kier alpha value is -2.34. The van der Waals surface area contributed by atoms with E-state index in [4.69, 9.17) is 11.6 Å². The van der Waals surface area contributed by atoms with Crippen molar-refractivity contribution in [2.75, 3.05) is 0 Å². The molecule has 7 heteroatoms. The Bertz CT molecular complexity index is 865. The van der Waals surface area contributed by atoms with Gasteiger partial charge in [0.15, 0.2) is 5.69 Å². The summed E-state index contributed by atoms with van der Waals surface area (Å²) in [6, 6.07) is 11.9. The van der Waals surface area contributed by atoms with Gasteiger partial charge in [-0.25, -0.2) is 4.68 Å². The normalized spacial score (nSPS) is 11.8. The highest BCUT2D eigenvalue weighted by atomic mass is 35.5. The fraction of sp³-hybridized carbons (Fsp3) is 0.0667. The lowest BCUT2D eigenvalue weighted by molar-refractivity contribution is -0.143. The molecule has 0 aliphatic carbocycles. The van der Waals surface area contributed by atoms with Crippen molar-refractivity contribution in [1.29, 1.82) is 0 Å². The molecule has 1 aromatic heterocycles. The molecule has 0 atom stereocenters. The minimum Gasteiger partial charge on any atom is -0.275 e. The minimum atomic E-state index is -4.76. The molecule has 22 heavy (non-hydrogen) atoms. The molecule has 0 aliphatic heterocycles. The maximum absolute atomic E-state index is 13.3.